The largest absolute Gasteiger partial charge is 0.497 e. The van der Waals surface area contributed by atoms with Gasteiger partial charge in [0.25, 0.3) is 40.5 Å². The second-order valence-electron chi connectivity index (χ2n) is 16.7. The molecule has 0 spiro atoms. The number of pyridine rings is 1. The summed E-state index contributed by atoms with van der Waals surface area (Å²) in [7, 11) is -23.0. The van der Waals surface area contributed by atoms with Crippen molar-refractivity contribution in [2.45, 2.75) is 41.4 Å². The fraction of sp³-hybridized carbons (Fsp3) is 0.205. The number of methoxy groups -OCH3 is 1. The molecular formula is C44H37ClN10O21S8. The Morgan fingerprint density at radius 1 is 0.738 bits per heavy atom. The van der Waals surface area contributed by atoms with Crippen LogP contribution >= 0.6 is 34.7 Å². The molecule has 0 saturated heterocycles. The lowest BCUT2D eigenvalue weighted by molar-refractivity contribution is 0.317. The summed E-state index contributed by atoms with van der Waals surface area (Å²) in [6.07, 6.45) is -0.169. The number of nitrogens with zero attached hydrogens (tertiary/aromatic N) is 10. The minimum atomic E-state index is -4.88. The van der Waals surface area contributed by atoms with Gasteiger partial charge < -0.3 is 14.6 Å². The predicted molar refractivity (Wildman–Crippen MR) is 300 cm³/mol. The van der Waals surface area contributed by atoms with Crippen LogP contribution in [-0.2, 0) is 61.7 Å². The maximum Gasteiger partial charge on any atom is 0.425 e. The molecule has 0 radical (unpaired) electrons. The smallest absolute Gasteiger partial charge is 0.425 e. The Morgan fingerprint density at radius 2 is 1.37 bits per heavy atom. The number of azo groups is 3. The van der Waals surface area contributed by atoms with E-state index in [2.05, 4.69) is 46.7 Å². The highest BCUT2D eigenvalue weighted by atomic mass is 35.5. The van der Waals surface area contributed by atoms with Gasteiger partial charge in [0, 0.05) is 28.0 Å². The quantitative estimate of drug-likeness (QED) is 0.0218. The molecule has 0 amide bonds. The summed E-state index contributed by atoms with van der Waals surface area (Å²) in [5, 5.41) is 47.8. The van der Waals surface area contributed by atoms with Crippen molar-refractivity contribution in [1.29, 1.82) is 5.26 Å². The molecule has 5 N–H and O–H groups in total. The van der Waals surface area contributed by atoms with Gasteiger partial charge in [0.1, 0.15) is 50.6 Å². The molecule has 3 heterocycles. The fourth-order valence-corrected chi connectivity index (χ4v) is 11.9. The number of thiazole rings is 1. The van der Waals surface area contributed by atoms with Gasteiger partial charge in [-0.3, -0.25) is 22.6 Å². The second-order valence-corrected chi connectivity index (χ2v) is 25.9. The number of ether oxygens (including phenoxy) is 2. The number of thioether (sulfide) groups is 1. The molecule has 3 aromatic heterocycles. The van der Waals surface area contributed by atoms with Crippen LogP contribution in [0.2, 0.25) is 5.02 Å². The number of fused-ring (bicyclic) bond motifs is 6. The third kappa shape index (κ3) is 17.0. The van der Waals surface area contributed by atoms with Gasteiger partial charge in [-0.25, -0.2) is 9.97 Å². The molecule has 0 bridgehead atoms. The SMILES string of the molecule is COc1ccc2nc3c(C#N)c(C)c(N=Nc4cc(C)c(N=Nc5cc(Cl)c(N=Nc6nc7c(S(=O)(=O)O)cc8ccc(S(=O)(=O)O)cc8c7s6)cc5SCCCS(=O)(=O)O)cc4OCCCS(=O)(=O)O)c(O)n3c2c1.O=S(=O)=O.O=S(=O)=O. The Hall–Kier alpha value is -7.59. The molecule has 84 heavy (non-hydrogen) atoms. The molecule has 0 atom stereocenters. The summed E-state index contributed by atoms with van der Waals surface area (Å²) in [6, 6.07) is 17.2. The first-order chi connectivity index (χ1) is 39.2. The number of hydrogen-bond donors (Lipinski definition) is 5. The molecule has 0 saturated carbocycles. The van der Waals surface area contributed by atoms with E-state index in [0.717, 1.165) is 41.3 Å². The second kappa shape index (κ2) is 27.0. The van der Waals surface area contributed by atoms with Gasteiger partial charge >= 0.3 is 21.2 Å². The monoisotopic (exact) mass is 1330 g/mol. The van der Waals surface area contributed by atoms with E-state index in [1.165, 1.54) is 41.8 Å². The van der Waals surface area contributed by atoms with Crippen LogP contribution in [0.15, 0.2) is 112 Å². The van der Waals surface area contributed by atoms with E-state index >= 15 is 0 Å². The van der Waals surface area contributed by atoms with Gasteiger partial charge in [-0.1, -0.05) is 29.0 Å². The van der Waals surface area contributed by atoms with Crippen LogP contribution in [0.3, 0.4) is 0 Å². The first-order valence-electron chi connectivity index (χ1n) is 22.6. The van der Waals surface area contributed by atoms with Gasteiger partial charge in [0.15, 0.2) is 11.3 Å². The third-order valence-corrected chi connectivity index (χ3v) is 16.7. The van der Waals surface area contributed by atoms with Crippen molar-refractivity contribution in [3.63, 3.8) is 0 Å². The molecule has 5 aromatic carbocycles. The van der Waals surface area contributed by atoms with Crippen molar-refractivity contribution in [3.05, 3.63) is 88.4 Å². The van der Waals surface area contributed by atoms with Crippen molar-refractivity contribution in [1.82, 2.24) is 14.4 Å². The van der Waals surface area contributed by atoms with Crippen LogP contribution in [0, 0.1) is 25.2 Å². The van der Waals surface area contributed by atoms with E-state index in [1.807, 2.05) is 0 Å². The molecule has 8 rings (SSSR count). The summed E-state index contributed by atoms with van der Waals surface area (Å²) < 4.78 is 197. The topological polar surface area (TPSA) is 487 Å². The summed E-state index contributed by atoms with van der Waals surface area (Å²) in [5.41, 5.74) is 1.78. The summed E-state index contributed by atoms with van der Waals surface area (Å²) in [4.78, 5) is 7.97. The van der Waals surface area contributed by atoms with E-state index in [9.17, 15) is 62.3 Å². The lowest BCUT2D eigenvalue weighted by Gasteiger charge is -2.12. The molecule has 31 nitrogen and oxygen atoms in total. The molecule has 0 aliphatic carbocycles. The number of nitriles is 1. The Bertz CT molecular complexity index is 4790. The van der Waals surface area contributed by atoms with Crippen molar-refractivity contribution < 1.29 is 91.7 Å². The highest BCUT2D eigenvalue weighted by Gasteiger charge is 2.24. The van der Waals surface area contributed by atoms with E-state index < -0.39 is 88.9 Å². The summed E-state index contributed by atoms with van der Waals surface area (Å²) >= 11 is 8.56. The van der Waals surface area contributed by atoms with E-state index in [-0.39, 0.29) is 107 Å². The average molecular weight is 1330 g/mol. The van der Waals surface area contributed by atoms with Crippen LogP contribution in [0.5, 0.6) is 17.4 Å². The zero-order valence-corrected chi connectivity index (χ0v) is 49.8. The Labute approximate surface area is 490 Å². The van der Waals surface area contributed by atoms with Crippen LogP contribution < -0.4 is 9.47 Å². The number of imidazole rings is 1. The fourth-order valence-electron chi connectivity index (χ4n) is 7.42. The predicted octanol–water partition coefficient (Wildman–Crippen LogP) is 8.86. The average Bonchev–Trinajstić information content (AvgIpc) is 2.10. The van der Waals surface area contributed by atoms with Gasteiger partial charge in [-0.15, -0.1) is 62.6 Å². The number of halogens is 1. The van der Waals surface area contributed by atoms with Gasteiger partial charge in [-0.05, 0) is 91.9 Å². The Balaban J connectivity index is 0.00000133. The van der Waals surface area contributed by atoms with Crippen LogP contribution in [0.25, 0.3) is 37.7 Å². The van der Waals surface area contributed by atoms with Gasteiger partial charge in [0.2, 0.25) is 11.0 Å². The van der Waals surface area contributed by atoms with E-state index in [0.29, 0.717) is 27.2 Å². The van der Waals surface area contributed by atoms with Crippen molar-refractivity contribution in [3.8, 4) is 23.4 Å². The summed E-state index contributed by atoms with van der Waals surface area (Å²) in [6.45, 7) is 2.95. The minimum absolute atomic E-state index is 0.000383. The number of hydrogen-bond acceptors (Lipinski definition) is 28. The highest BCUT2D eigenvalue weighted by molar-refractivity contribution is 7.99. The molecular weight excluding hydrogens is 1300 g/mol. The maximum atomic E-state index is 12.4. The normalized spacial score (nSPS) is 12.2. The first-order valence-corrected chi connectivity index (χ1v) is 32.8. The lowest BCUT2D eigenvalue weighted by Crippen LogP contribution is -2.08. The number of aryl methyl sites for hydroxylation is 1. The zero-order chi connectivity index (χ0) is 62.2. The molecule has 0 aliphatic rings. The zero-order valence-electron chi connectivity index (χ0n) is 42.5. The molecule has 40 heteroatoms. The van der Waals surface area contributed by atoms with E-state index in [1.54, 1.807) is 32.0 Å². The minimum Gasteiger partial charge on any atom is -0.497 e. The molecule has 0 unspecified atom stereocenters. The van der Waals surface area contributed by atoms with Crippen molar-refractivity contribution in [2.75, 3.05) is 31.0 Å². The Morgan fingerprint density at radius 3 is 1.99 bits per heavy atom. The maximum absolute atomic E-state index is 12.4. The first kappa shape index (κ1) is 65.6. The standard InChI is InChI=1S/C44H37ClN10O15S6.2O3S/c1-22-14-33(51-53-39-23(2)28(21-46)42-47-30-9-7-25(69-3)16-35(30)55(42)43(39)56)36(70-10-4-12-73(57,58)59)19-31(22)49-52-34-18-29(45)32(20-37(34)71-11-5-13-74(60,61)62)50-54-44-48-40-38(76(66,67)68)15-24-6-8-26(75(63,64)65)17-27(24)41(40)72-44;2*1-4(2)3/h6-9,14-20,56H,4-5,10-13H2,1-3H3,(H,57,58,59)(H,60,61,62)(H,63,64,65)(H,66,67,68);;. The Kier molecular flexibility index (Phi) is 21.1. The molecule has 0 aliphatic heterocycles. The molecule has 444 valence electrons. The third-order valence-electron chi connectivity index (χ3n) is 11.0. The van der Waals surface area contributed by atoms with Crippen LogP contribution in [0.1, 0.15) is 29.5 Å². The van der Waals surface area contributed by atoms with Gasteiger partial charge in [0.05, 0.1) is 56.6 Å². The van der Waals surface area contributed by atoms with Crippen molar-refractivity contribution in [2.24, 2.45) is 30.7 Å². The van der Waals surface area contributed by atoms with Crippen LogP contribution in [0.4, 0.5) is 33.6 Å². The highest BCUT2D eigenvalue weighted by Crippen LogP contribution is 2.45. The van der Waals surface area contributed by atoms with E-state index in [4.69, 9.17) is 46.3 Å². The van der Waals surface area contributed by atoms with Crippen LogP contribution in [-0.4, -0.2) is 128 Å². The van der Waals surface area contributed by atoms with Gasteiger partial charge in [-0.2, -0.15) is 44.0 Å². The molecule has 0 fully saturated rings. The number of rotatable bonds is 19. The number of benzene rings is 5. The summed E-state index contributed by atoms with van der Waals surface area (Å²) in [5.74, 6) is -1.05. The molecule has 8 aromatic rings. The lowest BCUT2D eigenvalue weighted by atomic mass is 10.1. The number of aromatic nitrogens is 3. The van der Waals surface area contributed by atoms with Crippen molar-refractivity contribution >= 4 is 168 Å². The number of aromatic hydroxyl groups is 1.